The molecule has 0 aromatic carbocycles. The van der Waals surface area contributed by atoms with Gasteiger partial charge in [0.1, 0.15) is 6.10 Å². The molecular weight excluding hydrogens is 703 g/mol. The van der Waals surface area contributed by atoms with Gasteiger partial charge >= 0.3 is 11.9 Å². The fraction of sp³-hybridized carbons (Fsp3) is 0.766. The van der Waals surface area contributed by atoms with Crippen LogP contribution in [0.5, 0.6) is 0 Å². The highest BCUT2D eigenvalue weighted by molar-refractivity contribution is 6.01. The third-order valence-corrected chi connectivity index (χ3v) is 16.7. The van der Waals surface area contributed by atoms with Crippen LogP contribution in [0, 0.1) is 62.6 Å². The highest BCUT2D eigenvalue weighted by atomic mass is 16.5. The van der Waals surface area contributed by atoms with Gasteiger partial charge in [0, 0.05) is 38.2 Å². The van der Waals surface area contributed by atoms with E-state index in [1.54, 1.807) is 39.0 Å². The molecule has 9 heteroatoms. The maximum atomic E-state index is 14.7. The number of Topliss-reactive ketones (excluding diaryl/α,β-unsaturated/α-hetero) is 1. The maximum absolute atomic E-state index is 14.7. The zero-order valence-electron chi connectivity index (χ0n) is 36.4. The lowest BCUT2D eigenvalue weighted by molar-refractivity contribution is -0.232. The van der Waals surface area contributed by atoms with Gasteiger partial charge in [-0.1, -0.05) is 60.1 Å². The molecule has 0 spiro atoms. The Labute approximate surface area is 336 Å². The monoisotopic (exact) mass is 774 g/mol. The van der Waals surface area contributed by atoms with Crippen LogP contribution in [0.25, 0.3) is 0 Å². The number of aliphatic carboxylic acids is 1. The van der Waals surface area contributed by atoms with E-state index in [1.807, 2.05) is 18.2 Å². The lowest BCUT2D eigenvalue weighted by Gasteiger charge is -2.71. The van der Waals surface area contributed by atoms with Crippen LogP contribution in [-0.4, -0.2) is 76.8 Å². The molecule has 0 saturated heterocycles. The number of hydrogen-bond acceptors (Lipinski definition) is 7. The Bertz CT molecular complexity index is 1720. The molecule has 5 aliphatic carbocycles. The summed E-state index contributed by atoms with van der Waals surface area (Å²) in [6.07, 6.45) is 10.6. The molecule has 56 heavy (non-hydrogen) atoms. The van der Waals surface area contributed by atoms with Crippen molar-refractivity contribution in [1.29, 1.82) is 0 Å². The Morgan fingerprint density at radius 3 is 2.27 bits per heavy atom. The number of amides is 1. The Morgan fingerprint density at radius 2 is 1.64 bits per heavy atom. The number of fused-ring (bicyclic) bond motifs is 7. The van der Waals surface area contributed by atoms with Crippen LogP contribution in [-0.2, 0) is 30.5 Å². The first-order valence-corrected chi connectivity index (χ1v) is 21.6. The van der Waals surface area contributed by atoms with Crippen molar-refractivity contribution < 1.29 is 29.0 Å². The minimum atomic E-state index is -1.16. The summed E-state index contributed by atoms with van der Waals surface area (Å²) in [5.74, 6) is 0.699. The van der Waals surface area contributed by atoms with Gasteiger partial charge in [-0.2, -0.15) is 0 Å². The van der Waals surface area contributed by atoms with Gasteiger partial charge in [0.05, 0.1) is 24.1 Å². The number of carboxylic acid groups (broad SMARTS) is 1. The molecule has 9 nitrogen and oxygen atoms in total. The molecular formula is C47H71N3O6. The van der Waals surface area contributed by atoms with Gasteiger partial charge in [0.2, 0.25) is 5.91 Å². The molecule has 5 aliphatic rings. The van der Waals surface area contributed by atoms with Crippen LogP contribution in [0.4, 0.5) is 0 Å². The number of likely N-dealkylation sites (N-methyl/N-ethyl adjacent to an activating group) is 1. The first-order valence-electron chi connectivity index (χ1n) is 21.6. The minimum Gasteiger partial charge on any atom is -0.481 e. The van der Waals surface area contributed by atoms with E-state index >= 15 is 0 Å². The average molecular weight is 774 g/mol. The molecule has 6 rings (SSSR count). The topological polar surface area (TPSA) is 117 Å². The van der Waals surface area contributed by atoms with Crippen LogP contribution >= 0.6 is 0 Å². The van der Waals surface area contributed by atoms with Crippen LogP contribution < -0.4 is 0 Å². The number of rotatable bonds is 12. The third kappa shape index (κ3) is 7.19. The van der Waals surface area contributed by atoms with Gasteiger partial charge in [-0.05, 0) is 142 Å². The predicted molar refractivity (Wildman–Crippen MR) is 218 cm³/mol. The molecule has 4 saturated carbocycles. The molecule has 3 unspecified atom stereocenters. The zero-order chi connectivity index (χ0) is 41.2. The van der Waals surface area contributed by atoms with Crippen molar-refractivity contribution in [3.63, 3.8) is 0 Å². The highest BCUT2D eigenvalue weighted by Crippen LogP contribution is 2.75. The number of carboxylic acids is 1. The largest absolute Gasteiger partial charge is 0.481 e. The molecule has 1 aromatic rings. The number of aromatic nitrogens is 1. The molecule has 1 N–H and O–H groups in total. The molecule has 9 atom stereocenters. The van der Waals surface area contributed by atoms with E-state index in [2.05, 4.69) is 58.4 Å². The molecule has 0 bridgehead atoms. The van der Waals surface area contributed by atoms with E-state index in [0.717, 1.165) is 69.1 Å². The maximum Gasteiger partial charge on any atom is 0.309 e. The van der Waals surface area contributed by atoms with E-state index in [0.29, 0.717) is 43.2 Å². The van der Waals surface area contributed by atoms with Crippen molar-refractivity contribution in [3.05, 3.63) is 41.2 Å². The second-order valence-electron chi connectivity index (χ2n) is 21.1. The quantitative estimate of drug-likeness (QED) is 0.210. The standard InChI is InChI=1S/C47H71N3O6/c1-29(2)39-40-31(32(41(39)53)20-25-50(28-37(51)49(10)11)27-30-14-12-13-24-48-30)17-22-46(8)33(40)15-16-35-45(7)21-19-36(56-38(52)26-43(3,4)42(54)55)44(5,6)34(45)18-23-47(35,46)9/h12-14,24,29,31-36H,15-23,25-28H2,1-11H3,(H,54,55)/t31?,32-,33+,34?,35?,36-,45-,46+,47+/m0/s1. The van der Waals surface area contributed by atoms with E-state index in [9.17, 15) is 24.3 Å². The number of ether oxygens (including phenoxy) is 1. The summed E-state index contributed by atoms with van der Waals surface area (Å²) < 4.78 is 6.18. The first-order chi connectivity index (χ1) is 26.1. The van der Waals surface area contributed by atoms with Crippen LogP contribution in [0.3, 0.4) is 0 Å². The van der Waals surface area contributed by atoms with Crippen LogP contribution in [0.15, 0.2) is 35.5 Å². The van der Waals surface area contributed by atoms with E-state index < -0.39 is 17.4 Å². The van der Waals surface area contributed by atoms with Gasteiger partial charge in [0.25, 0.3) is 0 Å². The van der Waals surface area contributed by atoms with Crippen molar-refractivity contribution >= 4 is 23.6 Å². The average Bonchev–Trinajstić information content (AvgIpc) is 3.39. The minimum absolute atomic E-state index is 0.0497. The SMILES string of the molecule is CC(C)C1=C2C(CC[C@]3(C)[C@@H]2CCC2[C@@]4(C)CC[C@H](OC(=O)CC(C)(C)C(=O)O)C(C)(C)C4CC[C@]23C)[C@H](CCN(CC(=O)N(C)C)Cc2ccccn2)C1=O. The summed E-state index contributed by atoms with van der Waals surface area (Å²) >= 11 is 0. The third-order valence-electron chi connectivity index (χ3n) is 16.7. The van der Waals surface area contributed by atoms with Gasteiger partial charge in [-0.3, -0.25) is 29.1 Å². The van der Waals surface area contributed by atoms with E-state index in [-0.39, 0.29) is 57.8 Å². The van der Waals surface area contributed by atoms with Crippen molar-refractivity contribution in [2.24, 2.45) is 62.6 Å². The first kappa shape index (κ1) is 42.5. The van der Waals surface area contributed by atoms with Crippen molar-refractivity contribution in [3.8, 4) is 0 Å². The summed E-state index contributed by atoms with van der Waals surface area (Å²) in [6.45, 7) is 21.4. The number of nitrogens with zero attached hydrogens (tertiary/aromatic N) is 3. The number of pyridine rings is 1. The summed E-state index contributed by atoms with van der Waals surface area (Å²) in [6, 6.07) is 5.90. The predicted octanol–water partition coefficient (Wildman–Crippen LogP) is 8.61. The summed E-state index contributed by atoms with van der Waals surface area (Å²) in [7, 11) is 3.59. The highest BCUT2D eigenvalue weighted by Gasteiger charge is 2.69. The molecule has 4 fully saturated rings. The summed E-state index contributed by atoms with van der Waals surface area (Å²) in [4.78, 5) is 60.8. The lowest BCUT2D eigenvalue weighted by Crippen LogP contribution is -2.65. The number of ketones is 1. The Morgan fingerprint density at radius 1 is 0.946 bits per heavy atom. The number of carbonyl (C=O) groups excluding carboxylic acids is 3. The van der Waals surface area contributed by atoms with Crippen molar-refractivity contribution in [1.82, 2.24) is 14.8 Å². The lowest BCUT2D eigenvalue weighted by atomic mass is 9.33. The van der Waals surface area contributed by atoms with Gasteiger partial charge in [0.15, 0.2) is 5.78 Å². The van der Waals surface area contributed by atoms with Gasteiger partial charge in [-0.15, -0.1) is 0 Å². The van der Waals surface area contributed by atoms with Crippen molar-refractivity contribution in [2.75, 3.05) is 27.2 Å². The Balaban J connectivity index is 1.22. The Hall–Kier alpha value is -3.07. The molecule has 1 aromatic heterocycles. The number of allylic oxidation sites excluding steroid dienone is 2. The molecule has 0 aliphatic heterocycles. The van der Waals surface area contributed by atoms with Gasteiger partial charge in [-0.25, -0.2) is 0 Å². The van der Waals surface area contributed by atoms with E-state index in [4.69, 9.17) is 4.74 Å². The number of esters is 1. The van der Waals surface area contributed by atoms with E-state index in [1.165, 1.54) is 5.57 Å². The second kappa shape index (κ2) is 15.3. The van der Waals surface area contributed by atoms with Gasteiger partial charge < -0.3 is 14.7 Å². The normalized spacial score (nSPS) is 35.1. The summed E-state index contributed by atoms with van der Waals surface area (Å²) in [5, 5.41) is 9.63. The second-order valence-corrected chi connectivity index (χ2v) is 21.1. The summed E-state index contributed by atoms with van der Waals surface area (Å²) in [5.41, 5.74) is 2.40. The molecule has 1 heterocycles. The smallest absolute Gasteiger partial charge is 0.309 e. The van der Waals surface area contributed by atoms with Crippen LogP contribution in [0.2, 0.25) is 0 Å². The number of hydrogen-bond donors (Lipinski definition) is 1. The fourth-order valence-corrected chi connectivity index (χ4v) is 13.5. The van der Waals surface area contributed by atoms with Crippen molar-refractivity contribution in [2.45, 2.75) is 139 Å². The van der Waals surface area contributed by atoms with Crippen LogP contribution in [0.1, 0.15) is 132 Å². The Kier molecular flexibility index (Phi) is 11.6. The molecule has 310 valence electrons. The fourth-order valence-electron chi connectivity index (χ4n) is 13.5. The zero-order valence-corrected chi connectivity index (χ0v) is 36.4. The molecule has 0 radical (unpaired) electrons. The molecule has 1 amide bonds. The number of carbonyl (C=O) groups is 4.